The Morgan fingerprint density at radius 3 is 2.52 bits per heavy atom. The molecule has 0 aliphatic carbocycles. The zero-order chi connectivity index (χ0) is 21.0. The second kappa shape index (κ2) is 8.23. The molecule has 0 fully saturated rings. The van der Waals surface area contributed by atoms with Gasteiger partial charge in [-0.1, -0.05) is 30.3 Å². The summed E-state index contributed by atoms with van der Waals surface area (Å²) >= 11 is 0. The first-order valence-corrected chi connectivity index (χ1v) is 9.84. The van der Waals surface area contributed by atoms with Crippen LogP contribution in [0.4, 0.5) is 11.5 Å². The van der Waals surface area contributed by atoms with Crippen molar-refractivity contribution in [2.24, 2.45) is 0 Å². The highest BCUT2D eigenvalue weighted by molar-refractivity contribution is 5.93. The molecule has 152 valence electrons. The van der Waals surface area contributed by atoms with Crippen LogP contribution < -0.4 is 10.1 Å². The molecule has 0 aliphatic rings. The number of aryl methyl sites for hydroxylation is 1. The third-order valence-electron chi connectivity index (χ3n) is 4.77. The number of benzene rings is 3. The standard InChI is InChI=1S/C24H19N5O2/c1-16-28-29-24(31-16)18-7-12-22-21(13-18)23(26-15-25-22)27-19-8-10-20(11-9-19)30-14-17-5-3-2-4-6-17/h2-13,15H,14H2,1H3,(H,25,26,27). The molecular weight excluding hydrogens is 390 g/mol. The molecule has 0 bridgehead atoms. The summed E-state index contributed by atoms with van der Waals surface area (Å²) in [7, 11) is 0. The Morgan fingerprint density at radius 2 is 1.74 bits per heavy atom. The molecule has 31 heavy (non-hydrogen) atoms. The Labute approximate surface area is 178 Å². The van der Waals surface area contributed by atoms with Gasteiger partial charge < -0.3 is 14.5 Å². The molecule has 0 atom stereocenters. The molecule has 1 N–H and O–H groups in total. The number of nitrogens with one attached hydrogen (secondary N) is 1. The van der Waals surface area contributed by atoms with Gasteiger partial charge in [0.1, 0.15) is 24.5 Å². The predicted octanol–water partition coefficient (Wildman–Crippen LogP) is 5.31. The average molecular weight is 409 g/mol. The topological polar surface area (TPSA) is 86.0 Å². The smallest absolute Gasteiger partial charge is 0.247 e. The fraction of sp³-hybridized carbons (Fsp3) is 0.0833. The highest BCUT2D eigenvalue weighted by atomic mass is 16.5. The molecule has 0 aliphatic heterocycles. The van der Waals surface area contributed by atoms with Crippen molar-refractivity contribution >= 4 is 22.4 Å². The fourth-order valence-electron chi connectivity index (χ4n) is 3.21. The number of nitrogens with zero attached hydrogens (tertiary/aromatic N) is 4. The van der Waals surface area contributed by atoms with E-state index >= 15 is 0 Å². The molecule has 0 amide bonds. The highest BCUT2D eigenvalue weighted by Gasteiger charge is 2.10. The lowest BCUT2D eigenvalue weighted by atomic mass is 10.1. The van der Waals surface area contributed by atoms with E-state index in [9.17, 15) is 0 Å². The van der Waals surface area contributed by atoms with E-state index in [-0.39, 0.29) is 0 Å². The summed E-state index contributed by atoms with van der Waals surface area (Å²) in [5, 5.41) is 12.2. The second-order valence-corrected chi connectivity index (χ2v) is 7.00. The lowest BCUT2D eigenvalue weighted by molar-refractivity contribution is 0.306. The van der Waals surface area contributed by atoms with Gasteiger partial charge in [-0.3, -0.25) is 0 Å². The zero-order valence-corrected chi connectivity index (χ0v) is 16.8. The van der Waals surface area contributed by atoms with Gasteiger partial charge in [0, 0.05) is 23.6 Å². The van der Waals surface area contributed by atoms with Crippen LogP contribution in [0.1, 0.15) is 11.5 Å². The van der Waals surface area contributed by atoms with E-state index in [4.69, 9.17) is 9.15 Å². The first-order chi connectivity index (χ1) is 15.2. The Hall–Kier alpha value is -4.26. The summed E-state index contributed by atoms with van der Waals surface area (Å²) in [6.07, 6.45) is 1.54. The zero-order valence-electron chi connectivity index (χ0n) is 16.8. The third-order valence-corrected chi connectivity index (χ3v) is 4.77. The maximum absolute atomic E-state index is 5.86. The van der Waals surface area contributed by atoms with Crippen molar-refractivity contribution < 1.29 is 9.15 Å². The summed E-state index contributed by atoms with van der Waals surface area (Å²) in [6, 6.07) is 23.6. The third kappa shape index (κ3) is 4.20. The van der Waals surface area contributed by atoms with Crippen LogP contribution in [0.15, 0.2) is 83.5 Å². The van der Waals surface area contributed by atoms with E-state index < -0.39 is 0 Å². The minimum Gasteiger partial charge on any atom is -0.489 e. The van der Waals surface area contributed by atoms with Gasteiger partial charge in [-0.05, 0) is 48.0 Å². The molecule has 3 aromatic carbocycles. The van der Waals surface area contributed by atoms with Crippen molar-refractivity contribution in [1.82, 2.24) is 20.2 Å². The van der Waals surface area contributed by atoms with Crippen molar-refractivity contribution in [1.29, 1.82) is 0 Å². The molecule has 2 heterocycles. The van der Waals surface area contributed by atoms with Gasteiger partial charge in [0.25, 0.3) is 0 Å². The van der Waals surface area contributed by atoms with E-state index in [1.54, 1.807) is 13.3 Å². The number of rotatable bonds is 6. The van der Waals surface area contributed by atoms with Crippen LogP contribution in [0.25, 0.3) is 22.4 Å². The molecule has 0 spiro atoms. The van der Waals surface area contributed by atoms with Gasteiger partial charge in [0.15, 0.2) is 0 Å². The first kappa shape index (κ1) is 18.7. The monoisotopic (exact) mass is 409 g/mol. The van der Waals surface area contributed by atoms with Gasteiger partial charge >= 0.3 is 0 Å². The van der Waals surface area contributed by atoms with Crippen molar-refractivity contribution in [2.75, 3.05) is 5.32 Å². The Balaban J connectivity index is 1.36. The molecule has 0 saturated carbocycles. The van der Waals surface area contributed by atoms with E-state index in [0.29, 0.717) is 24.2 Å². The van der Waals surface area contributed by atoms with Crippen LogP contribution in [-0.2, 0) is 6.61 Å². The number of hydrogen-bond donors (Lipinski definition) is 1. The van der Waals surface area contributed by atoms with Crippen LogP contribution in [0, 0.1) is 6.92 Å². The van der Waals surface area contributed by atoms with E-state index in [0.717, 1.165) is 33.5 Å². The van der Waals surface area contributed by atoms with Crippen LogP contribution in [0.5, 0.6) is 5.75 Å². The molecule has 7 heteroatoms. The highest BCUT2D eigenvalue weighted by Crippen LogP contribution is 2.28. The molecule has 2 aromatic heterocycles. The van der Waals surface area contributed by atoms with Crippen molar-refractivity contribution in [2.45, 2.75) is 13.5 Å². The molecule has 5 aromatic rings. The fourth-order valence-corrected chi connectivity index (χ4v) is 3.21. The Kier molecular flexibility index (Phi) is 4.98. The number of hydrogen-bond acceptors (Lipinski definition) is 7. The van der Waals surface area contributed by atoms with Crippen LogP contribution in [0.2, 0.25) is 0 Å². The molecule has 0 unspecified atom stereocenters. The summed E-state index contributed by atoms with van der Waals surface area (Å²) < 4.78 is 11.4. The normalized spacial score (nSPS) is 10.9. The van der Waals surface area contributed by atoms with E-state index in [1.807, 2.05) is 72.8 Å². The largest absolute Gasteiger partial charge is 0.489 e. The number of ether oxygens (including phenoxy) is 1. The maximum atomic E-state index is 5.86. The van der Waals surface area contributed by atoms with Crippen molar-refractivity contribution in [3.05, 3.63) is 90.6 Å². The van der Waals surface area contributed by atoms with E-state index in [1.165, 1.54) is 0 Å². The molecular formula is C24H19N5O2. The lowest BCUT2D eigenvalue weighted by Gasteiger charge is -2.10. The lowest BCUT2D eigenvalue weighted by Crippen LogP contribution is -1.97. The Bertz CT molecular complexity index is 1320. The summed E-state index contributed by atoms with van der Waals surface area (Å²) in [6.45, 7) is 2.29. The van der Waals surface area contributed by atoms with E-state index in [2.05, 4.69) is 25.5 Å². The average Bonchev–Trinajstić information content (AvgIpc) is 3.25. The van der Waals surface area contributed by atoms with Crippen molar-refractivity contribution in [3.8, 4) is 17.2 Å². The van der Waals surface area contributed by atoms with Crippen LogP contribution in [0.3, 0.4) is 0 Å². The van der Waals surface area contributed by atoms with Crippen LogP contribution >= 0.6 is 0 Å². The molecule has 0 radical (unpaired) electrons. The number of anilines is 2. The van der Waals surface area contributed by atoms with Gasteiger partial charge in [0.05, 0.1) is 5.52 Å². The summed E-state index contributed by atoms with van der Waals surface area (Å²) in [4.78, 5) is 8.77. The quantitative estimate of drug-likeness (QED) is 0.407. The minimum absolute atomic E-state index is 0.467. The van der Waals surface area contributed by atoms with Gasteiger partial charge in [-0.25, -0.2) is 9.97 Å². The van der Waals surface area contributed by atoms with Crippen LogP contribution in [-0.4, -0.2) is 20.2 Å². The number of aromatic nitrogens is 4. The first-order valence-electron chi connectivity index (χ1n) is 9.84. The number of fused-ring (bicyclic) bond motifs is 1. The molecule has 0 saturated heterocycles. The molecule has 5 rings (SSSR count). The second-order valence-electron chi connectivity index (χ2n) is 7.00. The molecule has 7 nitrogen and oxygen atoms in total. The van der Waals surface area contributed by atoms with Gasteiger partial charge in [-0.15, -0.1) is 10.2 Å². The van der Waals surface area contributed by atoms with Gasteiger partial charge in [-0.2, -0.15) is 0 Å². The van der Waals surface area contributed by atoms with Gasteiger partial charge in [0.2, 0.25) is 11.8 Å². The SMILES string of the molecule is Cc1nnc(-c2ccc3ncnc(Nc4ccc(OCc5ccccc5)cc4)c3c2)o1. The summed E-state index contributed by atoms with van der Waals surface area (Å²) in [5.41, 5.74) is 3.66. The van der Waals surface area contributed by atoms with Crippen molar-refractivity contribution in [3.63, 3.8) is 0 Å². The predicted molar refractivity (Wildman–Crippen MR) is 118 cm³/mol. The maximum Gasteiger partial charge on any atom is 0.247 e. The minimum atomic E-state index is 0.467. The Morgan fingerprint density at radius 1 is 0.903 bits per heavy atom. The summed E-state index contributed by atoms with van der Waals surface area (Å²) in [5.74, 6) is 2.48.